The number of rotatable bonds is 4. The van der Waals surface area contributed by atoms with E-state index in [1.54, 1.807) is 21.7 Å². The number of amides is 1. The lowest BCUT2D eigenvalue weighted by Crippen LogP contribution is -2.35. The van der Waals surface area contributed by atoms with Crippen LogP contribution in [0.3, 0.4) is 0 Å². The lowest BCUT2D eigenvalue weighted by Gasteiger charge is -2.24. The highest BCUT2D eigenvalue weighted by molar-refractivity contribution is 5.93. The van der Waals surface area contributed by atoms with Crippen LogP contribution < -0.4 is 5.73 Å². The number of nitrogens with zero attached hydrogens (tertiary/aromatic N) is 2. The van der Waals surface area contributed by atoms with E-state index in [2.05, 4.69) is 13.8 Å². The van der Waals surface area contributed by atoms with Gasteiger partial charge in [0, 0.05) is 26.3 Å². The SMILES string of the molecule is CCCC(C)N(C)C(=O)c1cc(N)cn1C. The summed E-state index contributed by atoms with van der Waals surface area (Å²) in [5, 5.41) is 0. The smallest absolute Gasteiger partial charge is 0.270 e. The Balaban J connectivity index is 2.81. The van der Waals surface area contributed by atoms with Crippen LogP contribution in [0.2, 0.25) is 0 Å². The Morgan fingerprint density at radius 1 is 1.62 bits per heavy atom. The molecule has 1 aromatic heterocycles. The Labute approximate surface area is 97.0 Å². The normalized spacial score (nSPS) is 12.5. The maximum absolute atomic E-state index is 12.1. The van der Waals surface area contributed by atoms with Crippen molar-refractivity contribution in [2.45, 2.75) is 32.7 Å². The first-order chi connectivity index (χ1) is 7.47. The molecule has 0 bridgehead atoms. The lowest BCUT2D eigenvalue weighted by atomic mass is 10.1. The van der Waals surface area contributed by atoms with Gasteiger partial charge in [0.25, 0.3) is 5.91 Å². The van der Waals surface area contributed by atoms with Crippen LogP contribution in [0.1, 0.15) is 37.2 Å². The molecular formula is C12H21N3O. The molecule has 0 spiro atoms. The molecule has 0 aliphatic rings. The number of hydrogen-bond donors (Lipinski definition) is 1. The minimum Gasteiger partial charge on any atom is -0.397 e. The van der Waals surface area contributed by atoms with E-state index >= 15 is 0 Å². The average molecular weight is 223 g/mol. The number of carbonyl (C=O) groups excluding carboxylic acids is 1. The van der Waals surface area contributed by atoms with Gasteiger partial charge in [-0.25, -0.2) is 0 Å². The van der Waals surface area contributed by atoms with Gasteiger partial charge < -0.3 is 15.2 Å². The van der Waals surface area contributed by atoms with Crippen LogP contribution in [-0.2, 0) is 7.05 Å². The van der Waals surface area contributed by atoms with Gasteiger partial charge in [0.2, 0.25) is 0 Å². The summed E-state index contributed by atoms with van der Waals surface area (Å²) in [5.74, 6) is 0.0279. The Hall–Kier alpha value is -1.45. The molecule has 1 amide bonds. The standard InChI is InChI=1S/C12H21N3O/c1-5-6-9(2)15(4)12(16)11-7-10(13)8-14(11)3/h7-9H,5-6,13H2,1-4H3. The van der Waals surface area contributed by atoms with Crippen LogP contribution in [-0.4, -0.2) is 28.5 Å². The summed E-state index contributed by atoms with van der Waals surface area (Å²) < 4.78 is 1.77. The molecule has 90 valence electrons. The predicted molar refractivity (Wildman–Crippen MR) is 66.3 cm³/mol. The Bertz CT molecular complexity index is 370. The largest absolute Gasteiger partial charge is 0.397 e. The Kier molecular flexibility index (Phi) is 3.99. The summed E-state index contributed by atoms with van der Waals surface area (Å²) in [6.07, 6.45) is 3.85. The minimum absolute atomic E-state index is 0.0279. The summed E-state index contributed by atoms with van der Waals surface area (Å²) in [7, 11) is 3.67. The highest BCUT2D eigenvalue weighted by Gasteiger charge is 2.19. The third-order valence-electron chi connectivity index (χ3n) is 2.93. The summed E-state index contributed by atoms with van der Waals surface area (Å²) in [5.41, 5.74) is 6.93. The van der Waals surface area contributed by atoms with Crippen LogP contribution in [0.5, 0.6) is 0 Å². The van der Waals surface area contributed by atoms with E-state index in [0.29, 0.717) is 11.4 Å². The van der Waals surface area contributed by atoms with Gasteiger partial charge in [0.15, 0.2) is 0 Å². The molecule has 1 aromatic rings. The van der Waals surface area contributed by atoms with Gasteiger partial charge in [0.1, 0.15) is 5.69 Å². The molecule has 1 rings (SSSR count). The molecule has 1 heterocycles. The highest BCUT2D eigenvalue weighted by atomic mass is 16.2. The van der Waals surface area contributed by atoms with Crippen molar-refractivity contribution in [1.29, 1.82) is 0 Å². The molecule has 1 unspecified atom stereocenters. The number of carbonyl (C=O) groups is 1. The first kappa shape index (κ1) is 12.6. The molecule has 0 fully saturated rings. The zero-order valence-corrected chi connectivity index (χ0v) is 10.5. The van der Waals surface area contributed by atoms with Gasteiger partial charge in [-0.1, -0.05) is 13.3 Å². The van der Waals surface area contributed by atoms with Crippen LogP contribution in [0.25, 0.3) is 0 Å². The monoisotopic (exact) mass is 223 g/mol. The quantitative estimate of drug-likeness (QED) is 0.847. The molecule has 16 heavy (non-hydrogen) atoms. The molecular weight excluding hydrogens is 202 g/mol. The van der Waals surface area contributed by atoms with Crippen LogP contribution in [0.4, 0.5) is 5.69 Å². The van der Waals surface area contributed by atoms with E-state index in [0.717, 1.165) is 12.8 Å². The fourth-order valence-electron chi connectivity index (χ4n) is 1.79. The van der Waals surface area contributed by atoms with E-state index in [1.807, 2.05) is 14.1 Å². The van der Waals surface area contributed by atoms with Crippen molar-refractivity contribution >= 4 is 11.6 Å². The average Bonchev–Trinajstić information content (AvgIpc) is 2.56. The molecule has 0 aromatic carbocycles. The van der Waals surface area contributed by atoms with Gasteiger partial charge in [-0.2, -0.15) is 0 Å². The zero-order valence-electron chi connectivity index (χ0n) is 10.5. The first-order valence-corrected chi connectivity index (χ1v) is 5.66. The van der Waals surface area contributed by atoms with Crippen molar-refractivity contribution in [1.82, 2.24) is 9.47 Å². The van der Waals surface area contributed by atoms with Crippen molar-refractivity contribution in [2.75, 3.05) is 12.8 Å². The van der Waals surface area contributed by atoms with Crippen LogP contribution >= 0.6 is 0 Å². The number of nitrogen functional groups attached to an aromatic ring is 1. The molecule has 0 aliphatic heterocycles. The second-order valence-electron chi connectivity index (χ2n) is 4.32. The van der Waals surface area contributed by atoms with E-state index in [9.17, 15) is 4.79 Å². The maximum atomic E-state index is 12.1. The third kappa shape index (κ3) is 2.56. The van der Waals surface area contributed by atoms with Gasteiger partial charge >= 0.3 is 0 Å². The fourth-order valence-corrected chi connectivity index (χ4v) is 1.79. The van der Waals surface area contributed by atoms with E-state index < -0.39 is 0 Å². The van der Waals surface area contributed by atoms with Crippen molar-refractivity contribution in [3.63, 3.8) is 0 Å². The fraction of sp³-hybridized carbons (Fsp3) is 0.583. The van der Waals surface area contributed by atoms with Crippen molar-refractivity contribution in [2.24, 2.45) is 7.05 Å². The minimum atomic E-state index is 0.0279. The van der Waals surface area contributed by atoms with Crippen molar-refractivity contribution in [3.05, 3.63) is 18.0 Å². The molecule has 0 saturated heterocycles. The Morgan fingerprint density at radius 3 is 2.69 bits per heavy atom. The van der Waals surface area contributed by atoms with E-state index in [1.165, 1.54) is 0 Å². The van der Waals surface area contributed by atoms with Crippen LogP contribution in [0.15, 0.2) is 12.3 Å². The maximum Gasteiger partial charge on any atom is 0.270 e. The van der Waals surface area contributed by atoms with Crippen LogP contribution in [0, 0.1) is 0 Å². The highest BCUT2D eigenvalue weighted by Crippen LogP contribution is 2.13. The summed E-state index contributed by atoms with van der Waals surface area (Å²) >= 11 is 0. The molecule has 0 saturated carbocycles. The number of aromatic nitrogens is 1. The van der Waals surface area contributed by atoms with Gasteiger partial charge in [-0.3, -0.25) is 4.79 Å². The third-order valence-corrected chi connectivity index (χ3v) is 2.93. The first-order valence-electron chi connectivity index (χ1n) is 5.66. The second kappa shape index (κ2) is 5.05. The predicted octanol–water partition coefficient (Wildman–Crippen LogP) is 1.87. The molecule has 2 N–H and O–H groups in total. The number of hydrogen-bond acceptors (Lipinski definition) is 2. The van der Waals surface area contributed by atoms with E-state index in [-0.39, 0.29) is 11.9 Å². The van der Waals surface area contributed by atoms with Crippen molar-refractivity contribution < 1.29 is 4.79 Å². The number of aryl methyl sites for hydroxylation is 1. The van der Waals surface area contributed by atoms with Gasteiger partial charge in [-0.05, 0) is 19.4 Å². The molecule has 4 nitrogen and oxygen atoms in total. The molecule has 0 radical (unpaired) electrons. The summed E-state index contributed by atoms with van der Waals surface area (Å²) in [4.78, 5) is 13.9. The molecule has 1 atom stereocenters. The topological polar surface area (TPSA) is 51.3 Å². The second-order valence-corrected chi connectivity index (χ2v) is 4.32. The summed E-state index contributed by atoms with van der Waals surface area (Å²) in [6, 6.07) is 1.98. The Morgan fingerprint density at radius 2 is 2.25 bits per heavy atom. The van der Waals surface area contributed by atoms with Gasteiger partial charge in [0.05, 0.1) is 5.69 Å². The molecule has 4 heteroatoms. The number of anilines is 1. The summed E-state index contributed by atoms with van der Waals surface area (Å²) in [6.45, 7) is 4.18. The van der Waals surface area contributed by atoms with Crippen molar-refractivity contribution in [3.8, 4) is 0 Å². The van der Waals surface area contributed by atoms with Gasteiger partial charge in [-0.15, -0.1) is 0 Å². The number of nitrogens with two attached hydrogens (primary N) is 1. The van der Waals surface area contributed by atoms with E-state index in [4.69, 9.17) is 5.73 Å². The molecule has 0 aliphatic carbocycles. The lowest BCUT2D eigenvalue weighted by molar-refractivity contribution is 0.0727. The zero-order chi connectivity index (χ0) is 12.3.